The Bertz CT molecular complexity index is 986. The first-order valence-corrected chi connectivity index (χ1v) is 13.4. The Balaban J connectivity index is 1.17. The molecule has 1 amide bonds. The van der Waals surface area contributed by atoms with Crippen LogP contribution in [0.5, 0.6) is 0 Å². The van der Waals surface area contributed by atoms with E-state index in [1.807, 2.05) is 0 Å². The van der Waals surface area contributed by atoms with Crippen molar-refractivity contribution in [2.24, 2.45) is 23.2 Å². The highest BCUT2D eigenvalue weighted by Gasteiger charge is 2.53. The van der Waals surface area contributed by atoms with Gasteiger partial charge in [0.05, 0.1) is 17.0 Å². The fourth-order valence-corrected chi connectivity index (χ4v) is 8.63. The minimum atomic E-state index is -3.32. The van der Waals surface area contributed by atoms with Gasteiger partial charge in [-0.25, -0.2) is 13.2 Å². The van der Waals surface area contributed by atoms with Gasteiger partial charge in [-0.3, -0.25) is 9.10 Å². The molecule has 1 saturated heterocycles. The number of amides is 1. The predicted octanol–water partition coefficient (Wildman–Crippen LogP) is 3.10. The molecule has 8 heteroatoms. The van der Waals surface area contributed by atoms with Gasteiger partial charge in [-0.05, 0) is 93.2 Å². The molecule has 1 aromatic carbocycles. The average Bonchev–Trinajstić information content (AvgIpc) is 3.10. The Morgan fingerprint density at radius 1 is 1.16 bits per heavy atom. The second-order valence-corrected chi connectivity index (χ2v) is 12.5. The van der Waals surface area contributed by atoms with Crippen LogP contribution in [-0.4, -0.2) is 45.2 Å². The summed E-state index contributed by atoms with van der Waals surface area (Å²) in [7, 11) is -3.32. The van der Waals surface area contributed by atoms with E-state index in [2.05, 4.69) is 12.2 Å². The van der Waals surface area contributed by atoms with Crippen LogP contribution < -0.4 is 9.62 Å². The van der Waals surface area contributed by atoms with Crippen LogP contribution in [-0.2, 0) is 19.6 Å². The SMILES string of the molecule is CC(NC(=O)COC(=O)c1cccc(N2CCCS2(=O)=O)c1)C12CC3CC(CC(C3)C1)C2. The molecule has 174 valence electrons. The maximum absolute atomic E-state index is 12.6. The van der Waals surface area contributed by atoms with Crippen molar-refractivity contribution in [3.8, 4) is 0 Å². The summed E-state index contributed by atoms with van der Waals surface area (Å²) in [6, 6.07) is 6.46. The number of sulfonamides is 1. The predicted molar refractivity (Wildman–Crippen MR) is 121 cm³/mol. The monoisotopic (exact) mass is 460 g/mol. The van der Waals surface area contributed by atoms with Crippen molar-refractivity contribution in [2.75, 3.05) is 23.2 Å². The van der Waals surface area contributed by atoms with Gasteiger partial charge in [0.1, 0.15) is 0 Å². The standard InChI is InChI=1S/C24H32N2O5S/c1-16(24-12-17-8-18(13-24)10-19(9-17)14-24)25-22(27)15-31-23(28)20-4-2-5-21(11-20)26-6-3-7-32(26,29)30/h2,4-5,11,16-19H,3,6-10,12-15H2,1H3,(H,25,27). The maximum atomic E-state index is 12.6. The van der Waals surface area contributed by atoms with E-state index in [4.69, 9.17) is 4.74 Å². The third kappa shape index (κ3) is 4.02. The van der Waals surface area contributed by atoms with Gasteiger partial charge in [-0.1, -0.05) is 6.07 Å². The Kier molecular flexibility index (Phi) is 5.47. The lowest BCUT2D eigenvalue weighted by Gasteiger charge is -2.59. The number of hydrogen-bond donors (Lipinski definition) is 1. The quantitative estimate of drug-likeness (QED) is 0.659. The Labute approximate surface area is 189 Å². The second-order valence-electron chi connectivity index (χ2n) is 10.4. The van der Waals surface area contributed by atoms with Crippen molar-refractivity contribution in [3.63, 3.8) is 0 Å². The van der Waals surface area contributed by atoms with Crippen molar-refractivity contribution >= 4 is 27.6 Å². The lowest BCUT2D eigenvalue weighted by Crippen LogP contribution is -2.56. The van der Waals surface area contributed by atoms with E-state index >= 15 is 0 Å². The number of rotatable bonds is 6. The molecule has 5 fully saturated rings. The normalized spacial score (nSPS) is 33.2. The van der Waals surface area contributed by atoms with Gasteiger partial charge in [0, 0.05) is 12.6 Å². The molecule has 1 atom stereocenters. The van der Waals surface area contributed by atoms with Gasteiger partial charge < -0.3 is 10.1 Å². The van der Waals surface area contributed by atoms with Crippen LogP contribution in [0.4, 0.5) is 5.69 Å². The molecule has 0 radical (unpaired) electrons. The Morgan fingerprint density at radius 3 is 2.41 bits per heavy atom. The summed E-state index contributed by atoms with van der Waals surface area (Å²) < 4.78 is 30.9. The fourth-order valence-electron chi connectivity index (χ4n) is 7.08. The van der Waals surface area contributed by atoms with Gasteiger partial charge in [0.2, 0.25) is 10.0 Å². The molecule has 5 aliphatic rings. The van der Waals surface area contributed by atoms with Crippen LogP contribution in [0.2, 0.25) is 0 Å². The van der Waals surface area contributed by atoms with Crippen LogP contribution in [0.25, 0.3) is 0 Å². The second kappa shape index (κ2) is 8.04. The summed E-state index contributed by atoms with van der Waals surface area (Å²) in [6.45, 7) is 2.18. The van der Waals surface area contributed by atoms with E-state index < -0.39 is 16.0 Å². The number of carbonyl (C=O) groups excluding carboxylic acids is 2. The number of ether oxygens (including phenoxy) is 1. The summed E-state index contributed by atoms with van der Waals surface area (Å²) >= 11 is 0. The molecule has 1 aromatic rings. The molecular weight excluding hydrogens is 428 g/mol. The zero-order chi connectivity index (χ0) is 22.5. The van der Waals surface area contributed by atoms with E-state index in [0.29, 0.717) is 18.7 Å². The van der Waals surface area contributed by atoms with Crippen LogP contribution in [0, 0.1) is 23.2 Å². The zero-order valence-electron chi connectivity index (χ0n) is 18.6. The summed E-state index contributed by atoms with van der Waals surface area (Å²) in [4.78, 5) is 25.1. The number of hydrogen-bond acceptors (Lipinski definition) is 5. The lowest BCUT2D eigenvalue weighted by atomic mass is 9.48. The molecule has 0 spiro atoms. The highest BCUT2D eigenvalue weighted by atomic mass is 32.2. The number of nitrogens with zero attached hydrogens (tertiary/aromatic N) is 1. The number of nitrogens with one attached hydrogen (secondary N) is 1. The molecule has 4 aliphatic carbocycles. The van der Waals surface area contributed by atoms with E-state index in [1.165, 1.54) is 48.9 Å². The van der Waals surface area contributed by atoms with Crippen LogP contribution in [0.3, 0.4) is 0 Å². The summed E-state index contributed by atoms with van der Waals surface area (Å²) in [5.41, 5.74) is 0.896. The molecule has 1 heterocycles. The molecule has 7 nitrogen and oxygen atoms in total. The van der Waals surface area contributed by atoms with Crippen molar-refractivity contribution in [3.05, 3.63) is 29.8 Å². The third-order valence-corrected chi connectivity index (χ3v) is 10.1. The van der Waals surface area contributed by atoms with E-state index in [0.717, 1.165) is 17.8 Å². The van der Waals surface area contributed by atoms with Crippen molar-refractivity contribution in [2.45, 2.75) is 57.9 Å². The molecule has 1 N–H and O–H groups in total. The van der Waals surface area contributed by atoms with Crippen molar-refractivity contribution < 1.29 is 22.7 Å². The Hall–Kier alpha value is -2.09. The van der Waals surface area contributed by atoms with Crippen molar-refractivity contribution in [1.82, 2.24) is 5.32 Å². The van der Waals surface area contributed by atoms with Crippen LogP contribution in [0.15, 0.2) is 24.3 Å². The summed E-state index contributed by atoms with van der Waals surface area (Å²) in [6.07, 6.45) is 8.24. The number of esters is 1. The third-order valence-electron chi connectivity index (χ3n) is 8.19. The lowest BCUT2D eigenvalue weighted by molar-refractivity contribution is -0.128. The van der Waals surface area contributed by atoms with Crippen molar-refractivity contribution in [1.29, 1.82) is 0 Å². The molecular formula is C24H32N2O5S. The molecule has 0 aromatic heterocycles. The molecule has 6 rings (SSSR count). The van der Waals surface area contributed by atoms with Gasteiger partial charge in [-0.2, -0.15) is 0 Å². The minimum absolute atomic E-state index is 0.0748. The van der Waals surface area contributed by atoms with Gasteiger partial charge in [0.25, 0.3) is 5.91 Å². The first-order chi connectivity index (χ1) is 15.2. The number of benzene rings is 1. The zero-order valence-corrected chi connectivity index (χ0v) is 19.4. The first-order valence-electron chi connectivity index (χ1n) is 11.8. The van der Waals surface area contributed by atoms with Gasteiger partial charge >= 0.3 is 5.97 Å². The van der Waals surface area contributed by atoms with E-state index in [1.54, 1.807) is 18.2 Å². The largest absolute Gasteiger partial charge is 0.452 e. The van der Waals surface area contributed by atoms with E-state index in [-0.39, 0.29) is 35.3 Å². The molecule has 4 bridgehead atoms. The van der Waals surface area contributed by atoms with Crippen LogP contribution >= 0.6 is 0 Å². The first kappa shape index (κ1) is 21.7. The smallest absolute Gasteiger partial charge is 0.338 e. The highest BCUT2D eigenvalue weighted by Crippen LogP contribution is 2.61. The van der Waals surface area contributed by atoms with Gasteiger partial charge in [-0.15, -0.1) is 0 Å². The molecule has 1 unspecified atom stereocenters. The van der Waals surface area contributed by atoms with E-state index in [9.17, 15) is 18.0 Å². The molecule has 32 heavy (non-hydrogen) atoms. The summed E-state index contributed by atoms with van der Waals surface area (Å²) in [5, 5.41) is 3.11. The minimum Gasteiger partial charge on any atom is -0.452 e. The molecule has 1 aliphatic heterocycles. The molecule has 4 saturated carbocycles. The maximum Gasteiger partial charge on any atom is 0.338 e. The Morgan fingerprint density at radius 2 is 1.81 bits per heavy atom. The average molecular weight is 461 g/mol. The summed E-state index contributed by atoms with van der Waals surface area (Å²) in [5.74, 6) is 1.64. The van der Waals surface area contributed by atoms with Gasteiger partial charge in [0.15, 0.2) is 6.61 Å². The van der Waals surface area contributed by atoms with Crippen LogP contribution in [0.1, 0.15) is 62.2 Å². The number of anilines is 1. The fraction of sp³-hybridized carbons (Fsp3) is 0.667. The number of carbonyl (C=O) groups is 2. The topological polar surface area (TPSA) is 92.8 Å². The highest BCUT2D eigenvalue weighted by molar-refractivity contribution is 7.93.